The van der Waals surface area contributed by atoms with Crippen LogP contribution in [0.25, 0.3) is 0 Å². The zero-order valence-corrected chi connectivity index (χ0v) is 17.6. The van der Waals surface area contributed by atoms with Gasteiger partial charge in [-0.15, -0.1) is 0 Å². The van der Waals surface area contributed by atoms with E-state index in [2.05, 4.69) is 5.32 Å². The first-order chi connectivity index (χ1) is 14.3. The average Bonchev–Trinajstić information content (AvgIpc) is 2.73. The minimum Gasteiger partial charge on any atom is -0.344 e. The molecule has 0 aromatic heterocycles. The molecule has 156 valence electrons. The van der Waals surface area contributed by atoms with E-state index in [4.69, 9.17) is 0 Å². The second-order valence-electron chi connectivity index (χ2n) is 7.04. The Kier molecular flexibility index (Phi) is 6.64. The maximum absolute atomic E-state index is 13.1. The summed E-state index contributed by atoms with van der Waals surface area (Å²) in [5.74, 6) is -0.976. The van der Waals surface area contributed by atoms with Crippen LogP contribution in [0.3, 0.4) is 0 Å². The Hall–Kier alpha value is -3.03. The van der Waals surface area contributed by atoms with Gasteiger partial charge in [0.1, 0.15) is 5.82 Å². The van der Waals surface area contributed by atoms with Crippen LogP contribution in [0.15, 0.2) is 83.8 Å². The lowest BCUT2D eigenvalue weighted by atomic mass is 9.98. The van der Waals surface area contributed by atoms with Crippen LogP contribution in [0.5, 0.6) is 0 Å². The predicted molar refractivity (Wildman–Crippen MR) is 114 cm³/mol. The lowest BCUT2D eigenvalue weighted by Gasteiger charge is -2.22. The highest BCUT2D eigenvalue weighted by Crippen LogP contribution is 2.22. The van der Waals surface area contributed by atoms with Crippen molar-refractivity contribution in [3.8, 4) is 0 Å². The van der Waals surface area contributed by atoms with Crippen molar-refractivity contribution in [2.45, 2.75) is 17.9 Å². The molecule has 0 aliphatic heterocycles. The minimum absolute atomic E-state index is 0.0719. The molecule has 1 atom stereocenters. The largest absolute Gasteiger partial charge is 0.344 e. The second-order valence-corrected chi connectivity index (χ2v) is 9.08. The average molecular weight is 427 g/mol. The predicted octanol–water partition coefficient (Wildman–Crippen LogP) is 3.66. The first-order valence-electron chi connectivity index (χ1n) is 9.40. The summed E-state index contributed by atoms with van der Waals surface area (Å²) < 4.78 is 39.4. The first-order valence-corrected chi connectivity index (χ1v) is 10.8. The Balaban J connectivity index is 1.79. The zero-order valence-electron chi connectivity index (χ0n) is 16.7. The van der Waals surface area contributed by atoms with Crippen LogP contribution in [0.2, 0.25) is 0 Å². The van der Waals surface area contributed by atoms with Crippen molar-refractivity contribution in [2.24, 2.45) is 0 Å². The number of carbonyl (C=O) groups excluding carboxylic acids is 1. The molecule has 0 spiro atoms. The number of nitrogens with one attached hydrogen (secondary N) is 1. The number of nitrogens with zero attached hydrogens (tertiary/aromatic N) is 1. The molecule has 3 rings (SSSR count). The number of hydrogen-bond acceptors (Lipinski definition) is 3. The maximum atomic E-state index is 13.1. The molecule has 0 radical (unpaired) electrons. The number of aryl methyl sites for hydroxylation is 1. The van der Waals surface area contributed by atoms with E-state index in [1.54, 1.807) is 0 Å². The van der Waals surface area contributed by atoms with Crippen LogP contribution in [-0.4, -0.2) is 32.2 Å². The maximum Gasteiger partial charge on any atom is 0.243 e. The van der Waals surface area contributed by atoms with E-state index in [1.807, 2.05) is 61.5 Å². The fourth-order valence-corrected chi connectivity index (χ4v) is 4.17. The smallest absolute Gasteiger partial charge is 0.243 e. The van der Waals surface area contributed by atoms with Gasteiger partial charge in [0.15, 0.2) is 0 Å². The van der Waals surface area contributed by atoms with Gasteiger partial charge < -0.3 is 5.32 Å². The van der Waals surface area contributed by atoms with Crippen molar-refractivity contribution in [3.05, 3.63) is 101 Å². The first kappa shape index (κ1) is 21.7. The third-order valence-corrected chi connectivity index (χ3v) is 6.55. The van der Waals surface area contributed by atoms with E-state index < -0.39 is 27.8 Å². The topological polar surface area (TPSA) is 66.5 Å². The molecule has 0 bridgehead atoms. The molecule has 0 aliphatic rings. The third kappa shape index (κ3) is 5.11. The van der Waals surface area contributed by atoms with Crippen LogP contribution in [-0.2, 0) is 14.8 Å². The van der Waals surface area contributed by atoms with E-state index in [1.165, 1.54) is 19.2 Å². The summed E-state index contributed by atoms with van der Waals surface area (Å²) in [4.78, 5) is 12.7. The number of rotatable bonds is 7. The van der Waals surface area contributed by atoms with Crippen molar-refractivity contribution in [1.82, 2.24) is 9.62 Å². The highest BCUT2D eigenvalue weighted by Gasteiger charge is 2.25. The highest BCUT2D eigenvalue weighted by molar-refractivity contribution is 7.89. The molecule has 7 heteroatoms. The summed E-state index contributed by atoms with van der Waals surface area (Å²) in [5.41, 5.74) is 2.88. The van der Waals surface area contributed by atoms with Gasteiger partial charge in [-0.3, -0.25) is 4.79 Å². The van der Waals surface area contributed by atoms with Gasteiger partial charge in [-0.1, -0.05) is 60.2 Å². The second kappa shape index (κ2) is 9.19. The van der Waals surface area contributed by atoms with Crippen molar-refractivity contribution < 1.29 is 17.6 Å². The third-order valence-electron chi connectivity index (χ3n) is 4.74. The Morgan fingerprint density at radius 1 is 0.933 bits per heavy atom. The number of halogens is 1. The molecule has 0 saturated heterocycles. The van der Waals surface area contributed by atoms with Gasteiger partial charge in [-0.05, 0) is 42.3 Å². The molecule has 30 heavy (non-hydrogen) atoms. The van der Waals surface area contributed by atoms with Gasteiger partial charge in [0, 0.05) is 7.05 Å². The molecule has 0 heterocycles. The van der Waals surface area contributed by atoms with Crippen LogP contribution in [0.1, 0.15) is 22.7 Å². The fraction of sp³-hybridized carbons (Fsp3) is 0.174. The zero-order chi connectivity index (χ0) is 21.7. The van der Waals surface area contributed by atoms with Gasteiger partial charge in [0.2, 0.25) is 15.9 Å². The number of amides is 1. The molecular weight excluding hydrogens is 403 g/mol. The van der Waals surface area contributed by atoms with Crippen molar-refractivity contribution in [1.29, 1.82) is 0 Å². The molecule has 3 aromatic carbocycles. The number of benzene rings is 3. The van der Waals surface area contributed by atoms with Gasteiger partial charge >= 0.3 is 0 Å². The van der Waals surface area contributed by atoms with Gasteiger partial charge in [0.05, 0.1) is 17.5 Å². The monoisotopic (exact) mass is 426 g/mol. The van der Waals surface area contributed by atoms with E-state index in [9.17, 15) is 17.6 Å². The van der Waals surface area contributed by atoms with Crippen LogP contribution >= 0.6 is 0 Å². The lowest BCUT2D eigenvalue weighted by Crippen LogP contribution is -2.40. The Morgan fingerprint density at radius 2 is 1.50 bits per heavy atom. The van der Waals surface area contributed by atoms with Crippen molar-refractivity contribution in [3.63, 3.8) is 0 Å². The van der Waals surface area contributed by atoms with E-state index in [0.717, 1.165) is 33.1 Å². The molecular formula is C23H23FN2O3S. The fourth-order valence-electron chi connectivity index (χ4n) is 3.04. The number of sulfonamides is 1. The number of carbonyl (C=O) groups is 1. The molecule has 5 nitrogen and oxygen atoms in total. The van der Waals surface area contributed by atoms with Crippen molar-refractivity contribution in [2.75, 3.05) is 13.6 Å². The molecule has 0 aliphatic carbocycles. The van der Waals surface area contributed by atoms with Gasteiger partial charge in [0.25, 0.3) is 0 Å². The number of likely N-dealkylation sites (N-methyl/N-ethyl adjacent to an activating group) is 1. The van der Waals surface area contributed by atoms with Gasteiger partial charge in [-0.25, -0.2) is 12.8 Å². The Labute approximate surface area is 176 Å². The van der Waals surface area contributed by atoms with Crippen LogP contribution in [0, 0.1) is 12.7 Å². The summed E-state index contributed by atoms with van der Waals surface area (Å²) in [7, 11) is -2.59. The summed E-state index contributed by atoms with van der Waals surface area (Å²) in [5, 5.41) is 2.93. The summed E-state index contributed by atoms with van der Waals surface area (Å²) >= 11 is 0. The summed E-state index contributed by atoms with van der Waals surface area (Å²) in [6.45, 7) is 1.62. The highest BCUT2D eigenvalue weighted by atomic mass is 32.2. The molecule has 1 amide bonds. The van der Waals surface area contributed by atoms with Crippen molar-refractivity contribution >= 4 is 15.9 Å². The molecule has 1 unspecified atom stereocenters. The Bertz CT molecular complexity index is 1100. The summed E-state index contributed by atoms with van der Waals surface area (Å²) in [6.07, 6.45) is 0. The quantitative estimate of drug-likeness (QED) is 0.627. The Morgan fingerprint density at radius 3 is 2.10 bits per heavy atom. The van der Waals surface area contributed by atoms with Crippen LogP contribution in [0.4, 0.5) is 4.39 Å². The van der Waals surface area contributed by atoms with Crippen LogP contribution < -0.4 is 5.32 Å². The standard InChI is InChI=1S/C23H23FN2O3S/c1-17-8-10-19(11-9-17)23(18-6-4-3-5-7-18)25-22(27)16-26(2)30(28,29)21-14-12-20(24)13-15-21/h3-15,23H,16H2,1-2H3,(H,25,27). The SMILES string of the molecule is Cc1ccc(C(NC(=O)CN(C)S(=O)(=O)c2ccc(F)cc2)c2ccccc2)cc1. The normalized spacial score (nSPS) is 12.5. The molecule has 0 saturated carbocycles. The van der Waals surface area contributed by atoms with E-state index in [0.29, 0.717) is 0 Å². The molecule has 1 N–H and O–H groups in total. The molecule has 0 fully saturated rings. The van der Waals surface area contributed by atoms with E-state index in [-0.39, 0.29) is 11.4 Å². The van der Waals surface area contributed by atoms with E-state index >= 15 is 0 Å². The summed E-state index contributed by atoms with van der Waals surface area (Å²) in [6, 6.07) is 21.4. The van der Waals surface area contributed by atoms with Gasteiger partial charge in [-0.2, -0.15) is 4.31 Å². The number of hydrogen-bond donors (Lipinski definition) is 1. The lowest BCUT2D eigenvalue weighted by molar-refractivity contribution is -0.121. The minimum atomic E-state index is -3.92. The molecule has 3 aromatic rings.